The van der Waals surface area contributed by atoms with Gasteiger partial charge in [-0.2, -0.15) is 0 Å². The molecule has 1 saturated heterocycles. The fraction of sp³-hybridized carbons (Fsp3) is 0.778. The zero-order valence-corrected chi connectivity index (χ0v) is 13.8. The molecule has 2 aliphatic rings. The normalized spacial score (nSPS) is 27.3. The smallest absolute Gasteiger partial charge is 0.145 e. The summed E-state index contributed by atoms with van der Waals surface area (Å²) in [4.78, 5) is -0.527. The molecule has 0 spiro atoms. The Hall–Kier alpha value is -0.210. The Bertz CT molecular complexity index is 347. The lowest BCUT2D eigenvalue weighted by molar-refractivity contribution is 0.228. The van der Waals surface area contributed by atoms with E-state index in [1.165, 1.54) is 76.2 Å². The van der Waals surface area contributed by atoms with E-state index in [1.807, 2.05) is 6.08 Å². The second-order valence-corrected chi connectivity index (χ2v) is 7.69. The van der Waals surface area contributed by atoms with Crippen LogP contribution < -0.4 is 0 Å². The Morgan fingerprint density at radius 1 is 1.00 bits per heavy atom. The van der Waals surface area contributed by atoms with Crippen LogP contribution in [-0.2, 0) is 0 Å². The first-order valence-electron chi connectivity index (χ1n) is 8.55. The van der Waals surface area contributed by atoms with Crippen LogP contribution in [0.1, 0.15) is 77.6 Å². The summed E-state index contributed by atoms with van der Waals surface area (Å²) in [7, 11) is 0. The van der Waals surface area contributed by atoms with Gasteiger partial charge in [-0.25, -0.2) is 0 Å². The number of hydrogen-bond acceptors (Lipinski definition) is 2. The summed E-state index contributed by atoms with van der Waals surface area (Å²) in [6.07, 6.45) is 21.5. The van der Waals surface area contributed by atoms with Crippen molar-refractivity contribution in [1.82, 2.24) is 0 Å². The summed E-state index contributed by atoms with van der Waals surface area (Å²) in [5.41, 5.74) is 1.43. The van der Waals surface area contributed by atoms with E-state index in [9.17, 15) is 5.11 Å². The monoisotopic (exact) mass is 294 g/mol. The lowest BCUT2D eigenvalue weighted by Crippen LogP contribution is -2.11. The molecule has 2 atom stereocenters. The maximum absolute atomic E-state index is 9.84. The average Bonchev–Trinajstić information content (AvgIpc) is 3.12. The minimum atomic E-state index is -0.527. The van der Waals surface area contributed by atoms with E-state index < -0.39 is 4.93 Å². The molecule has 1 heterocycles. The van der Waals surface area contributed by atoms with Gasteiger partial charge in [0.2, 0.25) is 0 Å². The van der Waals surface area contributed by atoms with Gasteiger partial charge < -0.3 is 5.11 Å². The van der Waals surface area contributed by atoms with Crippen molar-refractivity contribution in [3.8, 4) is 0 Å². The van der Waals surface area contributed by atoms with Crippen LogP contribution >= 0.6 is 11.8 Å². The van der Waals surface area contributed by atoms with Gasteiger partial charge in [-0.05, 0) is 18.9 Å². The van der Waals surface area contributed by atoms with Crippen molar-refractivity contribution < 1.29 is 5.11 Å². The summed E-state index contributed by atoms with van der Waals surface area (Å²) < 4.78 is 0. The summed E-state index contributed by atoms with van der Waals surface area (Å²) in [6.45, 7) is 2.28. The van der Waals surface area contributed by atoms with Gasteiger partial charge in [0.15, 0.2) is 0 Å². The quantitative estimate of drug-likeness (QED) is 0.395. The van der Waals surface area contributed by atoms with Crippen molar-refractivity contribution in [2.24, 2.45) is 0 Å². The Balaban J connectivity index is 1.39. The number of fused-ring (bicyclic) bond motifs is 1. The van der Waals surface area contributed by atoms with E-state index in [-0.39, 0.29) is 0 Å². The van der Waals surface area contributed by atoms with E-state index in [4.69, 9.17) is 0 Å². The van der Waals surface area contributed by atoms with Crippen molar-refractivity contribution >= 4 is 11.8 Å². The van der Waals surface area contributed by atoms with Crippen LogP contribution in [0.4, 0.5) is 0 Å². The predicted molar refractivity (Wildman–Crippen MR) is 90.0 cm³/mol. The third-order valence-corrected chi connectivity index (χ3v) is 5.65. The fourth-order valence-corrected chi connectivity index (χ4v) is 3.79. The van der Waals surface area contributed by atoms with Crippen molar-refractivity contribution in [2.75, 3.05) is 0 Å². The number of unbranched alkanes of at least 4 members (excludes halogenated alkanes) is 9. The topological polar surface area (TPSA) is 20.2 Å². The highest BCUT2D eigenvalue weighted by atomic mass is 32.2. The minimum absolute atomic E-state index is 0.352. The number of thioether (sulfide) groups is 1. The maximum Gasteiger partial charge on any atom is 0.145 e. The highest BCUT2D eigenvalue weighted by molar-refractivity contribution is 8.08. The van der Waals surface area contributed by atoms with Crippen molar-refractivity contribution in [3.05, 3.63) is 23.8 Å². The maximum atomic E-state index is 9.84. The molecule has 0 aromatic rings. The molecule has 0 aromatic carbocycles. The molecule has 0 saturated carbocycles. The third kappa shape index (κ3) is 5.29. The van der Waals surface area contributed by atoms with Crippen molar-refractivity contribution in [2.45, 2.75) is 87.7 Å². The first-order chi connectivity index (χ1) is 9.74. The second-order valence-electron chi connectivity index (χ2n) is 6.30. The fourth-order valence-electron chi connectivity index (χ4n) is 2.92. The lowest BCUT2D eigenvalue weighted by atomic mass is 9.99. The van der Waals surface area contributed by atoms with Crippen molar-refractivity contribution in [3.63, 3.8) is 0 Å². The van der Waals surface area contributed by atoms with E-state index in [0.717, 1.165) is 0 Å². The van der Waals surface area contributed by atoms with Crippen LogP contribution in [0.2, 0.25) is 0 Å². The SMILES string of the molecule is CCCCCCCCCCCCC1=CC2SC2(O)C=C1. The zero-order chi connectivity index (χ0) is 14.3. The molecule has 0 amide bonds. The first kappa shape index (κ1) is 16.2. The van der Waals surface area contributed by atoms with Crippen LogP contribution in [0.25, 0.3) is 0 Å². The van der Waals surface area contributed by atoms with E-state index in [2.05, 4.69) is 19.1 Å². The number of hydrogen-bond donors (Lipinski definition) is 1. The van der Waals surface area contributed by atoms with Gasteiger partial charge in [-0.15, -0.1) is 11.8 Å². The molecular weight excluding hydrogens is 264 g/mol. The molecule has 114 valence electrons. The molecule has 2 rings (SSSR count). The molecule has 1 fully saturated rings. The van der Waals surface area contributed by atoms with Gasteiger partial charge in [0.05, 0.1) is 5.25 Å². The predicted octanol–water partition coefficient (Wildman–Crippen LogP) is 5.60. The molecule has 1 aliphatic heterocycles. The van der Waals surface area contributed by atoms with E-state index in [0.29, 0.717) is 5.25 Å². The Morgan fingerprint density at radius 3 is 2.20 bits per heavy atom. The van der Waals surface area contributed by atoms with Gasteiger partial charge >= 0.3 is 0 Å². The zero-order valence-electron chi connectivity index (χ0n) is 12.9. The molecule has 2 unspecified atom stereocenters. The Kier molecular flexibility index (Phi) is 6.70. The van der Waals surface area contributed by atoms with E-state index in [1.54, 1.807) is 11.8 Å². The summed E-state index contributed by atoms with van der Waals surface area (Å²) in [6, 6.07) is 0. The number of aliphatic hydroxyl groups is 1. The van der Waals surface area contributed by atoms with Gasteiger partial charge in [-0.3, -0.25) is 0 Å². The second kappa shape index (κ2) is 8.29. The standard InChI is InChI=1S/C18H30OS/c1-2-3-4-5-6-7-8-9-10-11-12-16-13-14-18(19)17(15-16)20-18/h13-15,17,19H,2-12H2,1H3. The van der Waals surface area contributed by atoms with Crippen molar-refractivity contribution in [1.29, 1.82) is 0 Å². The molecular formula is C18H30OS. The molecule has 0 radical (unpaired) electrons. The number of allylic oxidation sites excluding steroid dienone is 2. The van der Waals surface area contributed by atoms with E-state index >= 15 is 0 Å². The van der Waals surface area contributed by atoms with Crippen LogP contribution in [0.5, 0.6) is 0 Å². The molecule has 2 heteroatoms. The van der Waals surface area contributed by atoms with Gasteiger partial charge in [-0.1, -0.05) is 82.4 Å². The van der Waals surface area contributed by atoms with Gasteiger partial charge in [0.1, 0.15) is 4.93 Å². The largest absolute Gasteiger partial charge is 0.374 e. The molecule has 1 nitrogen and oxygen atoms in total. The number of rotatable bonds is 11. The van der Waals surface area contributed by atoms with Gasteiger partial charge in [0.25, 0.3) is 0 Å². The van der Waals surface area contributed by atoms with Crippen LogP contribution in [0, 0.1) is 0 Å². The van der Waals surface area contributed by atoms with Crippen LogP contribution in [0.3, 0.4) is 0 Å². The molecule has 0 aromatic heterocycles. The third-order valence-electron chi connectivity index (χ3n) is 4.39. The lowest BCUT2D eigenvalue weighted by Gasteiger charge is -2.09. The van der Waals surface area contributed by atoms with Gasteiger partial charge in [0, 0.05) is 0 Å². The first-order valence-corrected chi connectivity index (χ1v) is 9.43. The Morgan fingerprint density at radius 2 is 1.60 bits per heavy atom. The summed E-state index contributed by atoms with van der Waals surface area (Å²) >= 11 is 1.66. The summed E-state index contributed by atoms with van der Waals surface area (Å²) in [5, 5.41) is 10.2. The highest BCUT2D eigenvalue weighted by Gasteiger charge is 2.52. The molecule has 1 aliphatic carbocycles. The highest BCUT2D eigenvalue weighted by Crippen LogP contribution is 2.55. The van der Waals surface area contributed by atoms with Crippen LogP contribution in [-0.4, -0.2) is 15.3 Å². The summed E-state index contributed by atoms with van der Waals surface area (Å²) in [5.74, 6) is 0. The minimum Gasteiger partial charge on any atom is -0.374 e. The average molecular weight is 295 g/mol. The molecule has 20 heavy (non-hydrogen) atoms. The molecule has 1 N–H and O–H groups in total. The molecule has 0 bridgehead atoms. The Labute approximate surface area is 128 Å². The van der Waals surface area contributed by atoms with Crippen LogP contribution in [0.15, 0.2) is 23.8 Å².